The Morgan fingerprint density at radius 3 is 2.73 bits per heavy atom. The topological polar surface area (TPSA) is 60.4 Å². The molecule has 6 nitrogen and oxygen atoms in total. The van der Waals surface area contributed by atoms with E-state index in [1.54, 1.807) is 19.4 Å². The lowest BCUT2D eigenvalue weighted by atomic mass is 10.1. The first-order valence-corrected chi connectivity index (χ1v) is 7.44. The number of morpholine rings is 1. The van der Waals surface area contributed by atoms with Gasteiger partial charge in [-0.15, -0.1) is 5.10 Å². The van der Waals surface area contributed by atoms with E-state index in [0.29, 0.717) is 24.2 Å². The van der Waals surface area contributed by atoms with Crippen molar-refractivity contribution in [2.24, 2.45) is 0 Å². The van der Waals surface area contributed by atoms with E-state index in [1.807, 2.05) is 6.92 Å². The fraction of sp³-hybridized carbons (Fsp3) is 0.400. The Bertz CT molecular complexity index is 675. The smallest absolute Gasteiger partial charge is 0.237 e. The van der Waals surface area contributed by atoms with Crippen LogP contribution in [0.15, 0.2) is 18.3 Å². The first-order valence-electron chi connectivity index (χ1n) is 7.06. The van der Waals surface area contributed by atoms with E-state index in [9.17, 15) is 0 Å². The molecule has 3 heterocycles. The van der Waals surface area contributed by atoms with Gasteiger partial charge in [-0.1, -0.05) is 11.6 Å². The number of anilines is 1. The van der Waals surface area contributed by atoms with Gasteiger partial charge in [0.25, 0.3) is 0 Å². The van der Waals surface area contributed by atoms with Crippen molar-refractivity contribution in [3.8, 4) is 17.0 Å². The molecule has 1 aliphatic rings. The Balaban J connectivity index is 2.04. The Morgan fingerprint density at radius 2 is 2.00 bits per heavy atom. The highest BCUT2D eigenvalue weighted by atomic mass is 35.5. The SMILES string of the molecule is COc1ncc(-c2cc(Cl)nnc2C)cc1N1CCOCC1. The molecule has 0 aliphatic carbocycles. The number of aryl methyl sites for hydroxylation is 1. The molecule has 0 spiro atoms. The molecule has 0 unspecified atom stereocenters. The van der Waals surface area contributed by atoms with Crippen LogP contribution in [0.1, 0.15) is 5.69 Å². The molecule has 2 aromatic rings. The predicted octanol–water partition coefficient (Wildman–Crippen LogP) is 2.35. The maximum atomic E-state index is 5.97. The minimum atomic E-state index is 0.365. The Hall–Kier alpha value is -1.92. The molecular weight excluding hydrogens is 304 g/mol. The average Bonchev–Trinajstić information content (AvgIpc) is 2.57. The number of nitrogens with zero attached hydrogens (tertiary/aromatic N) is 4. The van der Waals surface area contributed by atoms with Crippen LogP contribution in [0.5, 0.6) is 5.88 Å². The number of methoxy groups -OCH3 is 1. The fourth-order valence-electron chi connectivity index (χ4n) is 2.50. The van der Waals surface area contributed by atoms with Crippen LogP contribution in [0.3, 0.4) is 0 Å². The van der Waals surface area contributed by atoms with Crippen molar-refractivity contribution in [3.05, 3.63) is 29.2 Å². The normalized spacial score (nSPS) is 15.0. The molecule has 1 aliphatic heterocycles. The summed E-state index contributed by atoms with van der Waals surface area (Å²) in [4.78, 5) is 6.64. The number of hydrogen-bond acceptors (Lipinski definition) is 6. The molecule has 0 bridgehead atoms. The molecule has 1 fully saturated rings. The third-order valence-electron chi connectivity index (χ3n) is 3.64. The van der Waals surface area contributed by atoms with Crippen molar-refractivity contribution >= 4 is 17.3 Å². The van der Waals surface area contributed by atoms with Gasteiger partial charge in [0.15, 0.2) is 5.15 Å². The standard InChI is InChI=1S/C15H17ClN4O2/c1-10-12(8-14(16)19-18-10)11-7-13(15(21-2)17-9-11)20-3-5-22-6-4-20/h7-9H,3-6H2,1-2H3. The third-order valence-corrected chi connectivity index (χ3v) is 3.82. The van der Waals surface area contributed by atoms with E-state index < -0.39 is 0 Å². The molecule has 7 heteroatoms. The lowest BCUT2D eigenvalue weighted by molar-refractivity contribution is 0.122. The number of halogens is 1. The first-order chi connectivity index (χ1) is 10.7. The summed E-state index contributed by atoms with van der Waals surface area (Å²) in [6, 6.07) is 3.86. The molecule has 0 saturated carbocycles. The van der Waals surface area contributed by atoms with Crippen molar-refractivity contribution in [1.82, 2.24) is 15.2 Å². The van der Waals surface area contributed by atoms with E-state index in [2.05, 4.69) is 26.1 Å². The minimum absolute atomic E-state index is 0.365. The molecule has 0 aromatic carbocycles. The number of aromatic nitrogens is 3. The highest BCUT2D eigenvalue weighted by Gasteiger charge is 2.18. The van der Waals surface area contributed by atoms with Gasteiger partial charge < -0.3 is 14.4 Å². The molecule has 1 saturated heterocycles. The summed E-state index contributed by atoms with van der Waals surface area (Å²) in [5, 5.41) is 8.28. The van der Waals surface area contributed by atoms with Crippen molar-refractivity contribution in [2.45, 2.75) is 6.92 Å². The summed E-state index contributed by atoms with van der Waals surface area (Å²) in [6.07, 6.45) is 1.77. The monoisotopic (exact) mass is 320 g/mol. The van der Waals surface area contributed by atoms with Crippen LogP contribution >= 0.6 is 11.6 Å². The zero-order valence-corrected chi connectivity index (χ0v) is 13.3. The number of hydrogen-bond donors (Lipinski definition) is 0. The fourth-order valence-corrected chi connectivity index (χ4v) is 2.64. The largest absolute Gasteiger partial charge is 0.480 e. The highest BCUT2D eigenvalue weighted by molar-refractivity contribution is 6.29. The second-order valence-electron chi connectivity index (χ2n) is 5.02. The summed E-state index contributed by atoms with van der Waals surface area (Å²) in [6.45, 7) is 4.94. The molecule has 0 amide bonds. The Labute approximate surface area is 134 Å². The van der Waals surface area contributed by atoms with Gasteiger partial charge in [0, 0.05) is 30.4 Å². The van der Waals surface area contributed by atoms with Crippen LogP contribution in [0.2, 0.25) is 5.15 Å². The maximum Gasteiger partial charge on any atom is 0.237 e. The summed E-state index contributed by atoms with van der Waals surface area (Å²) in [5.41, 5.74) is 3.63. The zero-order valence-electron chi connectivity index (χ0n) is 12.5. The van der Waals surface area contributed by atoms with Crippen LogP contribution in [0.4, 0.5) is 5.69 Å². The zero-order chi connectivity index (χ0) is 15.5. The third kappa shape index (κ3) is 2.98. The quantitative estimate of drug-likeness (QED) is 0.865. The van der Waals surface area contributed by atoms with Gasteiger partial charge in [0.05, 0.1) is 26.0 Å². The van der Waals surface area contributed by atoms with E-state index in [-0.39, 0.29) is 0 Å². The predicted molar refractivity (Wildman–Crippen MR) is 84.6 cm³/mol. The van der Waals surface area contributed by atoms with Crippen LogP contribution in [0, 0.1) is 6.92 Å². The highest BCUT2D eigenvalue weighted by Crippen LogP contribution is 2.32. The number of pyridine rings is 1. The molecule has 22 heavy (non-hydrogen) atoms. The maximum absolute atomic E-state index is 5.97. The summed E-state index contributed by atoms with van der Waals surface area (Å²) in [5.74, 6) is 0.608. The van der Waals surface area contributed by atoms with E-state index in [4.69, 9.17) is 21.1 Å². The molecule has 3 rings (SSSR count). The molecule has 2 aromatic heterocycles. The molecule has 0 atom stereocenters. The summed E-state index contributed by atoms with van der Waals surface area (Å²) < 4.78 is 10.8. The average molecular weight is 321 g/mol. The minimum Gasteiger partial charge on any atom is -0.480 e. The van der Waals surface area contributed by atoms with Crippen molar-refractivity contribution in [2.75, 3.05) is 38.3 Å². The van der Waals surface area contributed by atoms with E-state index >= 15 is 0 Å². The van der Waals surface area contributed by atoms with Crippen molar-refractivity contribution < 1.29 is 9.47 Å². The van der Waals surface area contributed by atoms with Gasteiger partial charge in [-0.05, 0) is 19.1 Å². The van der Waals surface area contributed by atoms with E-state index in [1.165, 1.54) is 0 Å². The Kier molecular flexibility index (Phi) is 4.40. The summed E-state index contributed by atoms with van der Waals surface area (Å²) >= 11 is 5.97. The second-order valence-corrected chi connectivity index (χ2v) is 5.41. The van der Waals surface area contributed by atoms with Gasteiger partial charge in [-0.25, -0.2) is 4.98 Å². The van der Waals surface area contributed by atoms with Gasteiger partial charge in [-0.2, -0.15) is 5.10 Å². The van der Waals surface area contributed by atoms with Gasteiger partial charge in [0.1, 0.15) is 5.69 Å². The van der Waals surface area contributed by atoms with Gasteiger partial charge in [0.2, 0.25) is 5.88 Å². The molecule has 0 N–H and O–H groups in total. The van der Waals surface area contributed by atoms with Crippen molar-refractivity contribution in [3.63, 3.8) is 0 Å². The van der Waals surface area contributed by atoms with Crippen LogP contribution in [-0.2, 0) is 4.74 Å². The van der Waals surface area contributed by atoms with Gasteiger partial charge >= 0.3 is 0 Å². The van der Waals surface area contributed by atoms with Gasteiger partial charge in [-0.3, -0.25) is 0 Å². The van der Waals surface area contributed by atoms with Crippen LogP contribution in [-0.4, -0.2) is 48.6 Å². The lowest BCUT2D eigenvalue weighted by Gasteiger charge is -2.29. The second kappa shape index (κ2) is 6.46. The first kappa shape index (κ1) is 15.0. The summed E-state index contributed by atoms with van der Waals surface area (Å²) in [7, 11) is 1.63. The van der Waals surface area contributed by atoms with Crippen LogP contribution in [0.25, 0.3) is 11.1 Å². The van der Waals surface area contributed by atoms with Crippen LogP contribution < -0.4 is 9.64 Å². The number of rotatable bonds is 3. The molecular formula is C15H17ClN4O2. The lowest BCUT2D eigenvalue weighted by Crippen LogP contribution is -2.36. The molecule has 0 radical (unpaired) electrons. The Morgan fingerprint density at radius 1 is 1.23 bits per heavy atom. The van der Waals surface area contributed by atoms with Crippen molar-refractivity contribution in [1.29, 1.82) is 0 Å². The van der Waals surface area contributed by atoms with E-state index in [0.717, 1.165) is 35.6 Å². The number of ether oxygens (including phenoxy) is 2. The molecule has 116 valence electrons.